The Balaban J connectivity index is 0. The molecule has 0 nitrogen and oxygen atoms in total. The van der Waals surface area contributed by atoms with Gasteiger partial charge in [-0.3, -0.25) is 0 Å². The zero-order valence-corrected chi connectivity index (χ0v) is 13.3. The molecule has 0 bridgehead atoms. The van der Waals surface area contributed by atoms with Gasteiger partial charge in [-0.15, -0.1) is 0 Å². The average Bonchev–Trinajstić information content (AvgIpc) is 3.09. The summed E-state index contributed by atoms with van der Waals surface area (Å²) in [6.07, 6.45) is 30.0. The minimum Gasteiger partial charge on any atom is -0.0312 e. The van der Waals surface area contributed by atoms with Crippen LogP contribution >= 0.6 is 0 Å². The summed E-state index contributed by atoms with van der Waals surface area (Å²) in [5.74, 6) is 0. The predicted molar refractivity (Wildman–Crippen MR) is 75.8 cm³/mol. The summed E-state index contributed by atoms with van der Waals surface area (Å²) in [6.45, 7) is 0. The summed E-state index contributed by atoms with van der Waals surface area (Å²) in [4.78, 5) is 0. The van der Waals surface area contributed by atoms with Crippen LogP contribution in [0.2, 0.25) is 0 Å². The van der Waals surface area contributed by atoms with Crippen molar-refractivity contribution >= 4 is 17.4 Å². The molecule has 0 heterocycles. The molecule has 3 aliphatic rings. The van der Waals surface area contributed by atoms with Crippen molar-refractivity contribution < 1.29 is 31.1 Å². The third-order valence-corrected chi connectivity index (χ3v) is 1.67. The van der Waals surface area contributed by atoms with Gasteiger partial charge in [0.05, 0.1) is 0 Å². The van der Waals surface area contributed by atoms with Crippen molar-refractivity contribution in [2.45, 2.75) is 0 Å². The van der Waals surface area contributed by atoms with Crippen molar-refractivity contribution in [1.29, 1.82) is 0 Å². The first-order chi connectivity index (χ1) is 7.50. The van der Waals surface area contributed by atoms with Crippen LogP contribution in [0, 0.1) is 127 Å². The van der Waals surface area contributed by atoms with E-state index in [1.165, 1.54) is 0 Å². The van der Waals surface area contributed by atoms with Crippen LogP contribution in [-0.2, 0) is 0 Å². The van der Waals surface area contributed by atoms with Crippen molar-refractivity contribution in [3.05, 3.63) is 96.3 Å². The van der Waals surface area contributed by atoms with Gasteiger partial charge in [0, 0.05) is 48.5 Å². The topological polar surface area (TPSA) is 0 Å². The van der Waals surface area contributed by atoms with E-state index in [2.05, 4.69) is 0 Å². The minimum absolute atomic E-state index is 0. The maximum Gasteiger partial charge on any atom is 0.0398 e. The zero-order valence-electron chi connectivity index (χ0n) is 9.16. The average molecular weight is 464 g/mol. The Labute approximate surface area is 144 Å². The van der Waals surface area contributed by atoms with Gasteiger partial charge < -0.3 is 0 Å². The number of hydrogen-bond donors (Lipinski definition) is 0. The van der Waals surface area contributed by atoms with Gasteiger partial charge in [-0.25, -0.2) is 0 Å². The molecule has 3 fully saturated rings. The second kappa shape index (κ2) is 17.6. The Kier molecular flexibility index (Phi) is 21.6. The summed E-state index contributed by atoms with van der Waals surface area (Å²) >= 11 is 0. The van der Waals surface area contributed by atoms with Gasteiger partial charge >= 0.3 is 0 Å². The van der Waals surface area contributed by atoms with E-state index in [0.717, 1.165) is 0 Å². The quantitative estimate of drug-likeness (QED) is 0.479. The fourth-order valence-electron chi connectivity index (χ4n) is 0.962. The summed E-state index contributed by atoms with van der Waals surface area (Å²) in [7, 11) is 0. The van der Waals surface area contributed by atoms with E-state index < -0.39 is 0 Å². The largest absolute Gasteiger partial charge is 0.0398 e. The van der Waals surface area contributed by atoms with Crippen LogP contribution in [0.15, 0.2) is 0 Å². The molecule has 0 aromatic rings. The van der Waals surface area contributed by atoms with Crippen LogP contribution < -0.4 is 0 Å². The molecule has 0 atom stereocenters. The monoisotopic (exact) mass is 464 g/mol. The van der Waals surface area contributed by atoms with Crippen LogP contribution in [0.3, 0.4) is 0 Å². The molecule has 17 heavy (non-hydrogen) atoms. The van der Waals surface area contributed by atoms with E-state index in [9.17, 15) is 0 Å². The molecule has 0 aliphatic heterocycles. The molecule has 0 saturated heterocycles. The predicted octanol–water partition coefficient (Wildman–Crippen LogP) is 1.61. The Bertz CT molecular complexity index is 69.5. The minimum atomic E-state index is 0. The van der Waals surface area contributed by atoms with Gasteiger partial charge in [0.25, 0.3) is 0 Å². The Hall–Kier alpha value is 1.58. The van der Waals surface area contributed by atoms with Gasteiger partial charge in [-0.1, -0.05) is 0 Å². The second-order valence-electron chi connectivity index (χ2n) is 2.89. The van der Waals surface area contributed by atoms with Crippen LogP contribution in [-0.4, -0.2) is 17.4 Å². The van der Waals surface area contributed by atoms with E-state index in [1.807, 2.05) is 96.3 Å². The molecular weight excluding hydrogens is 445 g/mol. The molecule has 0 aromatic heterocycles. The zero-order chi connectivity index (χ0) is 10.6. The van der Waals surface area contributed by atoms with Crippen LogP contribution in [0.25, 0.3) is 0 Å². The van der Waals surface area contributed by atoms with E-state index in [1.54, 1.807) is 0 Å². The molecule has 15 radical (unpaired) electrons. The number of hydrogen-bond acceptors (Lipinski definition) is 0. The first-order valence-electron chi connectivity index (χ1n) is 5.00. The molecule has 0 aromatic carbocycles. The fraction of sp³-hybridized carbons (Fsp3) is 0. The molecule has 3 aliphatic carbocycles. The van der Waals surface area contributed by atoms with E-state index in [4.69, 9.17) is 0 Å². The smallest absolute Gasteiger partial charge is 0.0312 e. The maximum atomic E-state index is 2.00. The Morgan fingerprint density at radius 2 is 0.294 bits per heavy atom. The summed E-state index contributed by atoms with van der Waals surface area (Å²) in [6, 6.07) is 0. The van der Waals surface area contributed by atoms with Crippen molar-refractivity contribution in [3.8, 4) is 0 Å². The van der Waals surface area contributed by atoms with Gasteiger partial charge in [0.1, 0.15) is 0 Å². The van der Waals surface area contributed by atoms with Crippen LogP contribution in [0.5, 0.6) is 0 Å². The van der Waals surface area contributed by atoms with Crippen molar-refractivity contribution in [1.82, 2.24) is 0 Å². The molecule has 0 N–H and O–H groups in total. The van der Waals surface area contributed by atoms with E-state index in [-0.39, 0.29) is 48.5 Å². The van der Waals surface area contributed by atoms with Crippen LogP contribution in [0.4, 0.5) is 0 Å². The fourth-order valence-corrected chi connectivity index (χ4v) is 0.962. The summed E-state index contributed by atoms with van der Waals surface area (Å²) in [5, 5.41) is 0. The molecule has 0 unspecified atom stereocenters. The number of rotatable bonds is 0. The Morgan fingerprint density at radius 3 is 0.353 bits per heavy atom. The first-order valence-corrected chi connectivity index (χ1v) is 5.00. The summed E-state index contributed by atoms with van der Waals surface area (Å²) < 4.78 is 0. The molecule has 0 spiro atoms. The first kappa shape index (κ1) is 20.9. The molecule has 0 amide bonds. The van der Waals surface area contributed by atoms with Gasteiger partial charge in [-0.2, -0.15) is 0 Å². The SMILES string of the molecule is [AlH4-].[CH]1[CH][CH][CH][CH]1.[CH]1[CH][CH][CH][CH]1.[CH]1[CH][CH][CH][CH]1.[U]. The molecule has 3 saturated carbocycles. The van der Waals surface area contributed by atoms with E-state index in [0.29, 0.717) is 0 Å². The van der Waals surface area contributed by atoms with Gasteiger partial charge in [0.15, 0.2) is 0 Å². The van der Waals surface area contributed by atoms with Crippen molar-refractivity contribution in [2.24, 2.45) is 0 Å². The Morgan fingerprint density at radius 1 is 0.235 bits per heavy atom. The van der Waals surface area contributed by atoms with E-state index >= 15 is 0 Å². The second-order valence-corrected chi connectivity index (χ2v) is 2.89. The maximum absolute atomic E-state index is 2.00. The van der Waals surface area contributed by atoms with Gasteiger partial charge in [-0.05, 0) is 96.3 Å². The molecule has 2 heteroatoms. The normalized spacial score (nSPS) is 21.2. The van der Waals surface area contributed by atoms with Crippen molar-refractivity contribution in [2.75, 3.05) is 0 Å². The third kappa shape index (κ3) is 15.5. The molecule has 3 rings (SSSR count). The summed E-state index contributed by atoms with van der Waals surface area (Å²) in [5.41, 5.74) is 0. The molecular formula is C15H19AlU-. The van der Waals surface area contributed by atoms with Crippen LogP contribution in [0.1, 0.15) is 0 Å². The molecule has 87 valence electrons. The standard InChI is InChI=1S/3C5H5.Al.U.4H/c3*1-2-4-5-3-1;;;;;;/h3*1-5H;;;;;;/q;;;-1;;;;;. The van der Waals surface area contributed by atoms with Crippen molar-refractivity contribution in [3.63, 3.8) is 0 Å². The van der Waals surface area contributed by atoms with Gasteiger partial charge in [0.2, 0.25) is 0 Å². The third-order valence-electron chi connectivity index (χ3n) is 1.67.